The molecule has 0 aliphatic rings. The molecular formula is C12H17ClN2O2. The van der Waals surface area contributed by atoms with Gasteiger partial charge in [-0.3, -0.25) is 10.1 Å². The molecule has 1 aromatic carbocycles. The molecule has 0 aliphatic carbocycles. The molecule has 0 bridgehead atoms. The number of nitrogens with one attached hydrogen (secondary N) is 1. The number of hydrogen-bond acceptors (Lipinski definition) is 3. The standard InChI is InChI=1S/C12H17ClN2O2/c1-15(2)8-7-14-11(12(16)17)9-5-3-4-6-10(9)13/h3-6,11,14H,7-8H2,1-2H3,(H,16,17). The summed E-state index contributed by atoms with van der Waals surface area (Å²) in [6.07, 6.45) is 0. The largest absolute Gasteiger partial charge is 0.480 e. The molecule has 94 valence electrons. The molecule has 1 rings (SSSR count). The van der Waals surface area contributed by atoms with Crippen molar-refractivity contribution in [3.63, 3.8) is 0 Å². The van der Waals surface area contributed by atoms with Crippen LogP contribution >= 0.6 is 11.6 Å². The van der Waals surface area contributed by atoms with Gasteiger partial charge in [-0.2, -0.15) is 0 Å². The molecule has 2 N–H and O–H groups in total. The molecule has 4 nitrogen and oxygen atoms in total. The number of halogens is 1. The number of rotatable bonds is 6. The maximum absolute atomic E-state index is 11.2. The van der Waals surface area contributed by atoms with E-state index in [0.29, 0.717) is 17.1 Å². The Labute approximate surface area is 106 Å². The zero-order chi connectivity index (χ0) is 12.8. The lowest BCUT2D eigenvalue weighted by Gasteiger charge is -2.17. The summed E-state index contributed by atoms with van der Waals surface area (Å²) in [5.41, 5.74) is 0.598. The van der Waals surface area contributed by atoms with E-state index in [4.69, 9.17) is 11.6 Å². The van der Waals surface area contributed by atoms with Crippen molar-refractivity contribution in [3.8, 4) is 0 Å². The quantitative estimate of drug-likeness (QED) is 0.812. The predicted octanol–water partition coefficient (Wildman–Crippen LogP) is 1.62. The van der Waals surface area contributed by atoms with Gasteiger partial charge in [0.15, 0.2) is 0 Å². The van der Waals surface area contributed by atoms with Crippen LogP contribution in [0.1, 0.15) is 11.6 Å². The van der Waals surface area contributed by atoms with Crippen LogP contribution in [0.5, 0.6) is 0 Å². The molecule has 0 fully saturated rings. The van der Waals surface area contributed by atoms with Crippen molar-refractivity contribution in [2.45, 2.75) is 6.04 Å². The lowest BCUT2D eigenvalue weighted by atomic mass is 10.1. The highest BCUT2D eigenvalue weighted by Crippen LogP contribution is 2.22. The number of likely N-dealkylation sites (N-methyl/N-ethyl adjacent to an activating group) is 1. The number of carboxylic acid groups (broad SMARTS) is 1. The summed E-state index contributed by atoms with van der Waals surface area (Å²) in [6.45, 7) is 1.36. The van der Waals surface area contributed by atoms with Crippen LogP contribution in [0.25, 0.3) is 0 Å². The normalized spacial score (nSPS) is 12.7. The lowest BCUT2D eigenvalue weighted by molar-refractivity contribution is -0.139. The molecular weight excluding hydrogens is 240 g/mol. The second-order valence-corrected chi connectivity index (χ2v) is 4.46. The zero-order valence-electron chi connectivity index (χ0n) is 9.98. The summed E-state index contributed by atoms with van der Waals surface area (Å²) in [7, 11) is 3.87. The third-order valence-electron chi connectivity index (χ3n) is 2.37. The Balaban J connectivity index is 2.73. The van der Waals surface area contributed by atoms with Gasteiger partial charge in [-0.15, -0.1) is 0 Å². The van der Waals surface area contributed by atoms with Gasteiger partial charge < -0.3 is 10.0 Å². The van der Waals surface area contributed by atoms with Gasteiger partial charge in [-0.05, 0) is 25.7 Å². The van der Waals surface area contributed by atoms with Gasteiger partial charge in [0.25, 0.3) is 0 Å². The van der Waals surface area contributed by atoms with Crippen LogP contribution in [0.15, 0.2) is 24.3 Å². The maximum atomic E-state index is 11.2. The van der Waals surface area contributed by atoms with Crippen LogP contribution in [-0.4, -0.2) is 43.2 Å². The van der Waals surface area contributed by atoms with Crippen LogP contribution in [0.2, 0.25) is 5.02 Å². The Morgan fingerprint density at radius 2 is 2.12 bits per heavy atom. The fraction of sp³-hybridized carbons (Fsp3) is 0.417. The molecule has 1 aromatic rings. The number of carboxylic acids is 1. The average molecular weight is 257 g/mol. The van der Waals surface area contributed by atoms with Crippen molar-refractivity contribution in [1.29, 1.82) is 0 Å². The first-order chi connectivity index (χ1) is 8.02. The predicted molar refractivity (Wildman–Crippen MR) is 68.4 cm³/mol. The molecule has 1 atom stereocenters. The molecule has 1 unspecified atom stereocenters. The lowest BCUT2D eigenvalue weighted by Crippen LogP contribution is -2.34. The Morgan fingerprint density at radius 1 is 1.47 bits per heavy atom. The monoisotopic (exact) mass is 256 g/mol. The minimum absolute atomic E-state index is 0.470. The van der Waals surface area contributed by atoms with Gasteiger partial charge in [-0.1, -0.05) is 29.8 Å². The average Bonchev–Trinajstić information content (AvgIpc) is 2.25. The molecule has 0 radical (unpaired) electrons. The number of benzene rings is 1. The fourth-order valence-corrected chi connectivity index (χ4v) is 1.72. The summed E-state index contributed by atoms with van der Waals surface area (Å²) in [5, 5.41) is 12.6. The first-order valence-corrected chi connectivity index (χ1v) is 5.75. The first-order valence-electron chi connectivity index (χ1n) is 5.37. The molecule has 0 aromatic heterocycles. The first kappa shape index (κ1) is 14.0. The van der Waals surface area contributed by atoms with E-state index >= 15 is 0 Å². The van der Waals surface area contributed by atoms with E-state index in [1.54, 1.807) is 24.3 Å². The second-order valence-electron chi connectivity index (χ2n) is 4.05. The summed E-state index contributed by atoms with van der Waals surface area (Å²) in [6, 6.07) is 6.23. The van der Waals surface area contributed by atoms with Gasteiger partial charge >= 0.3 is 5.97 Å². The summed E-state index contributed by atoms with van der Waals surface area (Å²) in [5.74, 6) is -0.920. The molecule has 0 heterocycles. The van der Waals surface area contributed by atoms with Crippen LogP contribution in [0.4, 0.5) is 0 Å². The van der Waals surface area contributed by atoms with Crippen LogP contribution in [0, 0.1) is 0 Å². The highest BCUT2D eigenvalue weighted by molar-refractivity contribution is 6.31. The van der Waals surface area contributed by atoms with E-state index in [0.717, 1.165) is 6.54 Å². The molecule has 0 saturated heterocycles. The highest BCUT2D eigenvalue weighted by Gasteiger charge is 2.20. The zero-order valence-corrected chi connectivity index (χ0v) is 10.7. The van der Waals surface area contributed by atoms with Gasteiger partial charge in [0.05, 0.1) is 0 Å². The molecule has 17 heavy (non-hydrogen) atoms. The minimum atomic E-state index is -0.920. The van der Waals surface area contributed by atoms with Gasteiger partial charge in [0, 0.05) is 18.1 Å². The van der Waals surface area contributed by atoms with Gasteiger partial charge in [0.2, 0.25) is 0 Å². The highest BCUT2D eigenvalue weighted by atomic mass is 35.5. The molecule has 0 amide bonds. The number of nitrogens with zero attached hydrogens (tertiary/aromatic N) is 1. The van der Waals surface area contributed by atoms with Crippen molar-refractivity contribution >= 4 is 17.6 Å². The van der Waals surface area contributed by atoms with Crippen LogP contribution < -0.4 is 5.32 Å². The third-order valence-corrected chi connectivity index (χ3v) is 2.71. The van der Waals surface area contributed by atoms with E-state index in [1.807, 2.05) is 19.0 Å². The minimum Gasteiger partial charge on any atom is -0.480 e. The second kappa shape index (κ2) is 6.59. The molecule has 0 aliphatic heterocycles. The van der Waals surface area contributed by atoms with E-state index in [2.05, 4.69) is 5.32 Å². The molecule has 5 heteroatoms. The van der Waals surface area contributed by atoms with E-state index < -0.39 is 12.0 Å². The number of carbonyl (C=O) groups is 1. The van der Waals surface area contributed by atoms with Gasteiger partial charge in [0.1, 0.15) is 6.04 Å². The smallest absolute Gasteiger partial charge is 0.325 e. The maximum Gasteiger partial charge on any atom is 0.325 e. The number of aliphatic carboxylic acids is 1. The van der Waals surface area contributed by atoms with Crippen molar-refractivity contribution in [2.75, 3.05) is 27.2 Å². The van der Waals surface area contributed by atoms with E-state index in [1.165, 1.54) is 0 Å². The molecule has 0 spiro atoms. The Hall–Kier alpha value is -1.10. The summed E-state index contributed by atoms with van der Waals surface area (Å²) in [4.78, 5) is 13.2. The van der Waals surface area contributed by atoms with E-state index in [9.17, 15) is 9.90 Å². The van der Waals surface area contributed by atoms with E-state index in [-0.39, 0.29) is 0 Å². The third kappa shape index (κ3) is 4.34. The van der Waals surface area contributed by atoms with Crippen LogP contribution in [0.3, 0.4) is 0 Å². The Morgan fingerprint density at radius 3 is 2.65 bits per heavy atom. The summed E-state index contributed by atoms with van der Waals surface area (Å²) < 4.78 is 0. The Bertz CT molecular complexity index is 383. The molecule has 0 saturated carbocycles. The number of hydrogen-bond donors (Lipinski definition) is 2. The summed E-state index contributed by atoms with van der Waals surface area (Å²) >= 11 is 5.99. The topological polar surface area (TPSA) is 52.6 Å². The van der Waals surface area contributed by atoms with Crippen LogP contribution in [-0.2, 0) is 4.79 Å². The van der Waals surface area contributed by atoms with Crippen molar-refractivity contribution < 1.29 is 9.90 Å². The van der Waals surface area contributed by atoms with Crippen molar-refractivity contribution in [3.05, 3.63) is 34.9 Å². The van der Waals surface area contributed by atoms with Crippen molar-refractivity contribution in [2.24, 2.45) is 0 Å². The SMILES string of the molecule is CN(C)CCNC(C(=O)O)c1ccccc1Cl. The van der Waals surface area contributed by atoms with Crippen molar-refractivity contribution in [1.82, 2.24) is 10.2 Å². The fourth-order valence-electron chi connectivity index (χ4n) is 1.47. The Kier molecular flexibility index (Phi) is 5.41. The van der Waals surface area contributed by atoms with Gasteiger partial charge in [-0.25, -0.2) is 0 Å².